The molecule has 3 heterocycles. The van der Waals surface area contributed by atoms with E-state index in [1.54, 1.807) is 11.0 Å². The lowest BCUT2D eigenvalue weighted by Gasteiger charge is -2.22. The molecule has 3 amide bonds. The number of hydrogen-bond acceptors (Lipinski definition) is 5. The smallest absolute Gasteiger partial charge is 0.305 e. The maximum absolute atomic E-state index is 13.1. The number of nitrogens with zero attached hydrogens (tertiary/aromatic N) is 5. The largest absolute Gasteiger partial charge is 0.332 e. The molecule has 2 saturated heterocycles. The predicted molar refractivity (Wildman–Crippen MR) is 96.7 cm³/mol. The molecule has 27 heavy (non-hydrogen) atoms. The van der Waals surface area contributed by atoms with Crippen molar-refractivity contribution >= 4 is 28.4 Å². The number of benzene rings is 2. The Labute approximate surface area is 153 Å². The van der Waals surface area contributed by atoms with E-state index in [1.807, 2.05) is 36.4 Å². The van der Waals surface area contributed by atoms with Crippen LogP contribution in [0.4, 0.5) is 10.5 Å². The Morgan fingerprint density at radius 1 is 1.04 bits per heavy atom. The van der Waals surface area contributed by atoms with Gasteiger partial charge in [0.15, 0.2) is 0 Å². The van der Waals surface area contributed by atoms with Gasteiger partial charge in [0.05, 0.1) is 11.7 Å². The van der Waals surface area contributed by atoms with Crippen LogP contribution in [-0.2, 0) is 4.79 Å². The molecule has 3 aliphatic rings. The Balaban J connectivity index is 1.52. The summed E-state index contributed by atoms with van der Waals surface area (Å²) in [5, 5.41) is 15.9. The minimum Gasteiger partial charge on any atom is -0.305 e. The van der Waals surface area contributed by atoms with Crippen LogP contribution in [0.15, 0.2) is 48.6 Å². The summed E-state index contributed by atoms with van der Waals surface area (Å²) in [6, 6.07) is 10.7. The summed E-state index contributed by atoms with van der Waals surface area (Å²) < 4.78 is 0. The van der Waals surface area contributed by atoms with Gasteiger partial charge < -0.3 is 4.90 Å². The fourth-order valence-corrected chi connectivity index (χ4v) is 4.64. The van der Waals surface area contributed by atoms with Gasteiger partial charge in [0.25, 0.3) is 5.91 Å². The molecular weight excluding hydrogens is 344 g/mol. The summed E-state index contributed by atoms with van der Waals surface area (Å²) in [6.45, 7) is 0. The average molecular weight is 358 g/mol. The fourth-order valence-electron chi connectivity index (χ4n) is 4.64. The van der Waals surface area contributed by atoms with Gasteiger partial charge in [-0.2, -0.15) is 5.21 Å². The zero-order valence-corrected chi connectivity index (χ0v) is 14.1. The third kappa shape index (κ3) is 1.79. The van der Waals surface area contributed by atoms with E-state index in [9.17, 15) is 9.59 Å². The normalized spacial score (nSPS) is 25.9. The van der Waals surface area contributed by atoms with Gasteiger partial charge in [0, 0.05) is 16.9 Å². The van der Waals surface area contributed by atoms with Crippen LogP contribution < -0.4 is 4.90 Å². The maximum atomic E-state index is 13.1. The molecule has 0 spiro atoms. The van der Waals surface area contributed by atoms with Gasteiger partial charge in [-0.1, -0.05) is 36.4 Å². The predicted octanol–water partition coefficient (Wildman–Crippen LogP) is 2.12. The number of imide groups is 1. The summed E-state index contributed by atoms with van der Waals surface area (Å²) in [7, 11) is 0. The molecule has 2 aromatic carbocycles. The van der Waals surface area contributed by atoms with Gasteiger partial charge in [-0.25, -0.2) is 9.69 Å². The van der Waals surface area contributed by atoms with E-state index in [2.05, 4.69) is 26.7 Å². The van der Waals surface area contributed by atoms with Crippen LogP contribution in [0.25, 0.3) is 22.2 Å². The number of anilines is 1. The lowest BCUT2D eigenvalue weighted by atomic mass is 10.00. The first-order valence-electron chi connectivity index (χ1n) is 8.84. The molecule has 0 radical (unpaired) electrons. The Morgan fingerprint density at radius 3 is 2.67 bits per heavy atom. The minimum absolute atomic E-state index is 0.0336. The first-order valence-corrected chi connectivity index (χ1v) is 8.84. The molecule has 0 saturated carbocycles. The van der Waals surface area contributed by atoms with Crippen LogP contribution in [0, 0.1) is 5.92 Å². The monoisotopic (exact) mass is 358 g/mol. The zero-order chi connectivity index (χ0) is 18.1. The second kappa shape index (κ2) is 5.00. The van der Waals surface area contributed by atoms with Gasteiger partial charge >= 0.3 is 6.03 Å². The van der Waals surface area contributed by atoms with Crippen molar-refractivity contribution < 1.29 is 9.59 Å². The molecule has 3 atom stereocenters. The van der Waals surface area contributed by atoms with E-state index >= 15 is 0 Å². The highest BCUT2D eigenvalue weighted by Gasteiger charge is 2.57. The standard InChI is InChI=1S/C19H14N6O2/c26-18-16-10-5-6-11(9-10)24(16)19(27)25(18)15-8-7-14(17-20-22-23-21-17)12-3-1-2-4-13(12)15/h1-8,10-11,16H,9H2,(H,20,21,22,23)/t10?,11?,16-/m1/s1. The second-order valence-electron chi connectivity index (χ2n) is 7.07. The van der Waals surface area contributed by atoms with Crippen molar-refractivity contribution in [2.45, 2.75) is 18.5 Å². The highest BCUT2D eigenvalue weighted by Crippen LogP contribution is 2.45. The van der Waals surface area contributed by atoms with E-state index in [-0.39, 0.29) is 29.9 Å². The minimum atomic E-state index is -0.372. The first-order chi connectivity index (χ1) is 13.2. The number of H-pyrrole nitrogens is 1. The zero-order valence-electron chi connectivity index (χ0n) is 14.1. The number of urea groups is 1. The van der Waals surface area contributed by atoms with Gasteiger partial charge in [-0.15, -0.1) is 10.2 Å². The highest BCUT2D eigenvalue weighted by molar-refractivity contribution is 6.25. The number of fused-ring (bicyclic) bond motifs is 6. The summed E-state index contributed by atoms with van der Waals surface area (Å²) >= 11 is 0. The number of nitrogens with one attached hydrogen (secondary N) is 1. The molecule has 2 bridgehead atoms. The first kappa shape index (κ1) is 14.6. The van der Waals surface area contributed by atoms with E-state index < -0.39 is 0 Å². The molecule has 2 unspecified atom stereocenters. The number of hydrogen-bond donors (Lipinski definition) is 1. The Kier molecular flexibility index (Phi) is 2.70. The molecule has 1 N–H and O–H groups in total. The van der Waals surface area contributed by atoms with Crippen molar-refractivity contribution in [1.82, 2.24) is 25.5 Å². The molecule has 132 valence electrons. The lowest BCUT2D eigenvalue weighted by Crippen LogP contribution is -2.38. The van der Waals surface area contributed by atoms with Crippen molar-refractivity contribution in [2.24, 2.45) is 5.92 Å². The number of tetrazole rings is 1. The number of aromatic nitrogens is 4. The van der Waals surface area contributed by atoms with E-state index in [0.29, 0.717) is 11.5 Å². The van der Waals surface area contributed by atoms with Crippen LogP contribution in [0.2, 0.25) is 0 Å². The SMILES string of the molecule is O=C1[C@H]2C3C=CC(C3)N2C(=O)N1c1ccc(-c2nn[nH]n2)c2ccccc12. The van der Waals surface area contributed by atoms with Gasteiger partial charge in [0.1, 0.15) is 6.04 Å². The quantitative estimate of drug-likeness (QED) is 0.559. The van der Waals surface area contributed by atoms with Crippen LogP contribution in [0.3, 0.4) is 0 Å². The summed E-state index contributed by atoms with van der Waals surface area (Å²) in [6.07, 6.45) is 4.96. The molecule has 8 heteroatoms. The van der Waals surface area contributed by atoms with Crippen LogP contribution in [0.5, 0.6) is 0 Å². The Morgan fingerprint density at radius 2 is 1.89 bits per heavy atom. The van der Waals surface area contributed by atoms with E-state index in [1.165, 1.54) is 4.90 Å². The molecule has 8 nitrogen and oxygen atoms in total. The van der Waals surface area contributed by atoms with Crippen molar-refractivity contribution in [3.63, 3.8) is 0 Å². The van der Waals surface area contributed by atoms with E-state index in [0.717, 1.165) is 22.8 Å². The van der Waals surface area contributed by atoms with Gasteiger partial charge in [-0.05, 0) is 29.2 Å². The van der Waals surface area contributed by atoms with Crippen LogP contribution in [-0.4, -0.2) is 49.5 Å². The molecule has 2 fully saturated rings. The summed E-state index contributed by atoms with van der Waals surface area (Å²) in [5.74, 6) is 0.454. The van der Waals surface area contributed by atoms with Gasteiger partial charge in [0.2, 0.25) is 5.82 Å². The third-order valence-corrected chi connectivity index (χ3v) is 5.77. The van der Waals surface area contributed by atoms with Crippen LogP contribution in [0.1, 0.15) is 6.42 Å². The topological polar surface area (TPSA) is 95.1 Å². The molecule has 2 aliphatic heterocycles. The second-order valence-corrected chi connectivity index (χ2v) is 7.07. The molecule has 6 rings (SSSR count). The average Bonchev–Trinajstić information content (AvgIpc) is 3.46. The van der Waals surface area contributed by atoms with E-state index in [4.69, 9.17) is 0 Å². The highest BCUT2D eigenvalue weighted by atomic mass is 16.2. The third-order valence-electron chi connectivity index (χ3n) is 5.77. The molecule has 1 aliphatic carbocycles. The fraction of sp³-hybridized carbons (Fsp3) is 0.211. The molecular formula is C19H14N6O2. The van der Waals surface area contributed by atoms with Crippen molar-refractivity contribution in [3.05, 3.63) is 48.6 Å². The Hall–Kier alpha value is -3.55. The van der Waals surface area contributed by atoms with Crippen LogP contribution >= 0.6 is 0 Å². The number of amides is 3. The lowest BCUT2D eigenvalue weighted by molar-refractivity contribution is -0.119. The maximum Gasteiger partial charge on any atom is 0.332 e. The van der Waals surface area contributed by atoms with Crippen molar-refractivity contribution in [1.29, 1.82) is 0 Å². The summed E-state index contributed by atoms with van der Waals surface area (Å²) in [5.41, 5.74) is 1.39. The number of carbonyl (C=O) groups excluding carboxylic acids is 2. The van der Waals surface area contributed by atoms with Crippen molar-refractivity contribution in [3.8, 4) is 11.4 Å². The van der Waals surface area contributed by atoms with Gasteiger partial charge in [-0.3, -0.25) is 4.79 Å². The number of carbonyl (C=O) groups is 2. The number of aromatic amines is 1. The van der Waals surface area contributed by atoms with Crippen molar-refractivity contribution in [2.75, 3.05) is 4.90 Å². The summed E-state index contributed by atoms with van der Waals surface area (Å²) in [4.78, 5) is 29.3. The number of rotatable bonds is 2. The molecule has 1 aromatic heterocycles. The molecule has 3 aromatic rings. The Bertz CT molecular complexity index is 1110.